The predicted molar refractivity (Wildman–Crippen MR) is 441 cm³/mol. The molecule has 0 aliphatic rings. The Labute approximate surface area is 658 Å². The highest BCUT2D eigenvalue weighted by Gasteiger charge is 2.31. The summed E-state index contributed by atoms with van der Waals surface area (Å²) in [5, 5.41) is 10.7. The van der Waals surface area contributed by atoms with Gasteiger partial charge in [0.05, 0.1) is 26.4 Å². The van der Waals surface area contributed by atoms with E-state index in [1.807, 2.05) is 0 Å². The lowest BCUT2D eigenvalue weighted by molar-refractivity contribution is -0.161. The highest BCUT2D eigenvalue weighted by atomic mass is 31.2. The van der Waals surface area contributed by atoms with Crippen LogP contribution in [0, 0.1) is 23.7 Å². The number of carbonyl (C=O) groups excluding carboxylic acids is 4. The number of hydrogen-bond acceptors (Lipinski definition) is 15. The van der Waals surface area contributed by atoms with Crippen LogP contribution in [0.1, 0.15) is 460 Å². The van der Waals surface area contributed by atoms with Crippen LogP contribution in [0.4, 0.5) is 0 Å². The average molecular weight is 1560 g/mol. The Morgan fingerprint density at radius 2 is 0.449 bits per heavy atom. The number of hydrogen-bond donors (Lipinski definition) is 3. The second-order valence-electron chi connectivity index (χ2n) is 33.1. The number of aliphatic hydroxyl groups excluding tert-OH is 1. The summed E-state index contributed by atoms with van der Waals surface area (Å²) in [4.78, 5) is 73.2. The molecule has 0 radical (unpaired) electrons. The van der Waals surface area contributed by atoms with E-state index in [0.717, 1.165) is 114 Å². The third kappa shape index (κ3) is 79.1. The molecule has 0 fully saturated rings. The molecule has 0 amide bonds. The topological polar surface area (TPSA) is 237 Å². The minimum absolute atomic E-state index is 0.105. The first-order chi connectivity index (χ1) is 51.7. The van der Waals surface area contributed by atoms with Crippen molar-refractivity contribution in [3.8, 4) is 0 Å². The summed E-state index contributed by atoms with van der Waals surface area (Å²) >= 11 is 0. The van der Waals surface area contributed by atoms with Gasteiger partial charge in [-0.1, -0.05) is 409 Å². The monoisotopic (exact) mass is 1560 g/mol. The van der Waals surface area contributed by atoms with Gasteiger partial charge in [0.15, 0.2) is 12.2 Å². The molecule has 0 saturated carbocycles. The fraction of sp³-hybridized carbons (Fsp3) is 0.955. The number of esters is 4. The summed E-state index contributed by atoms with van der Waals surface area (Å²) in [6, 6.07) is 0. The van der Waals surface area contributed by atoms with Gasteiger partial charge in [0, 0.05) is 25.7 Å². The van der Waals surface area contributed by atoms with Crippen LogP contribution in [-0.2, 0) is 65.4 Å². The first-order valence-corrected chi connectivity index (χ1v) is 48.3. The number of phosphoric ester groups is 2. The van der Waals surface area contributed by atoms with Crippen molar-refractivity contribution in [2.75, 3.05) is 39.6 Å². The van der Waals surface area contributed by atoms with Gasteiger partial charge in [0.1, 0.15) is 19.3 Å². The van der Waals surface area contributed by atoms with Crippen LogP contribution < -0.4 is 0 Å². The zero-order valence-electron chi connectivity index (χ0n) is 70.8. The van der Waals surface area contributed by atoms with Gasteiger partial charge in [-0.05, 0) is 49.4 Å². The Balaban J connectivity index is 5.22. The first kappa shape index (κ1) is 105. The molecule has 0 spiro atoms. The molecule has 19 heteroatoms. The molecular weight excluding hydrogens is 1390 g/mol. The Hall–Kier alpha value is -1.94. The molecule has 0 saturated heterocycles. The lowest BCUT2D eigenvalue weighted by Crippen LogP contribution is -2.30. The first-order valence-electron chi connectivity index (χ1n) is 45.3. The van der Waals surface area contributed by atoms with Crippen LogP contribution in [0.5, 0.6) is 0 Å². The molecule has 0 rings (SSSR count). The third-order valence-electron chi connectivity index (χ3n) is 21.3. The van der Waals surface area contributed by atoms with Crippen molar-refractivity contribution < 1.29 is 80.2 Å². The average Bonchev–Trinajstić information content (AvgIpc) is 0.908. The summed E-state index contributed by atoms with van der Waals surface area (Å²) in [6.07, 6.45) is 66.8. The van der Waals surface area contributed by atoms with Gasteiger partial charge in [-0.15, -0.1) is 0 Å². The molecule has 0 heterocycles. The van der Waals surface area contributed by atoms with Crippen molar-refractivity contribution in [1.29, 1.82) is 0 Å². The van der Waals surface area contributed by atoms with Gasteiger partial charge < -0.3 is 33.8 Å². The van der Waals surface area contributed by atoms with E-state index < -0.39 is 97.5 Å². The van der Waals surface area contributed by atoms with E-state index in [0.29, 0.717) is 31.6 Å². The van der Waals surface area contributed by atoms with Gasteiger partial charge in [0.25, 0.3) is 0 Å². The SMILES string of the molecule is CCC(C)CCCCCCCCCCCCCCCCCCCCC(=O)O[C@H](COC(=O)CCCCCCCCCCCCCCCCCCCCC(C)C)COP(=O)(O)OCC(O)COP(=O)(O)OC[C@@H](COC(=O)CCCCCCCCCC(C)C)OC(=O)CCCCCCCCCCCCC(C)CC. The Bertz CT molecular complexity index is 2080. The van der Waals surface area contributed by atoms with Crippen LogP contribution in [0.2, 0.25) is 0 Å². The third-order valence-corrected chi connectivity index (χ3v) is 23.2. The van der Waals surface area contributed by atoms with E-state index >= 15 is 0 Å². The molecule has 0 aliphatic carbocycles. The summed E-state index contributed by atoms with van der Waals surface area (Å²) in [5.41, 5.74) is 0. The molecule has 7 atom stereocenters. The number of carbonyl (C=O) groups is 4. The van der Waals surface area contributed by atoms with Gasteiger partial charge >= 0.3 is 39.5 Å². The van der Waals surface area contributed by atoms with E-state index in [1.54, 1.807) is 0 Å². The highest BCUT2D eigenvalue weighted by Crippen LogP contribution is 2.45. The van der Waals surface area contributed by atoms with Crippen molar-refractivity contribution in [1.82, 2.24) is 0 Å². The molecule has 0 aliphatic heterocycles. The zero-order valence-corrected chi connectivity index (χ0v) is 72.6. The maximum absolute atomic E-state index is 13.2. The van der Waals surface area contributed by atoms with Crippen molar-refractivity contribution in [2.45, 2.75) is 478 Å². The van der Waals surface area contributed by atoms with Gasteiger partial charge in [-0.2, -0.15) is 0 Å². The number of rotatable bonds is 85. The minimum Gasteiger partial charge on any atom is -0.462 e. The molecule has 107 heavy (non-hydrogen) atoms. The minimum atomic E-state index is -4.97. The molecule has 0 aromatic rings. The fourth-order valence-corrected chi connectivity index (χ4v) is 15.2. The predicted octanol–water partition coefficient (Wildman–Crippen LogP) is 26.7. The number of unbranched alkanes of at least 4 members (excludes halogenated alkanes) is 49. The van der Waals surface area contributed by atoms with E-state index in [1.165, 1.54) is 257 Å². The smallest absolute Gasteiger partial charge is 0.462 e. The van der Waals surface area contributed by atoms with Crippen molar-refractivity contribution >= 4 is 39.5 Å². The molecule has 17 nitrogen and oxygen atoms in total. The Morgan fingerprint density at radius 3 is 0.664 bits per heavy atom. The fourth-order valence-electron chi connectivity index (χ4n) is 13.6. The largest absolute Gasteiger partial charge is 0.472 e. The van der Waals surface area contributed by atoms with Crippen molar-refractivity contribution in [2.24, 2.45) is 23.7 Å². The Kier molecular flexibility index (Phi) is 75.3. The molecule has 3 N–H and O–H groups in total. The van der Waals surface area contributed by atoms with Crippen LogP contribution in [0.15, 0.2) is 0 Å². The van der Waals surface area contributed by atoms with Gasteiger partial charge in [0.2, 0.25) is 0 Å². The molecule has 5 unspecified atom stereocenters. The molecule has 0 aromatic heterocycles. The lowest BCUT2D eigenvalue weighted by Gasteiger charge is -2.21. The second-order valence-corrected chi connectivity index (χ2v) is 36.0. The van der Waals surface area contributed by atoms with Crippen LogP contribution >= 0.6 is 15.6 Å². The van der Waals surface area contributed by atoms with Crippen molar-refractivity contribution in [3.63, 3.8) is 0 Å². The van der Waals surface area contributed by atoms with E-state index in [4.69, 9.17) is 37.0 Å². The second kappa shape index (κ2) is 76.7. The highest BCUT2D eigenvalue weighted by molar-refractivity contribution is 7.47. The van der Waals surface area contributed by atoms with Crippen LogP contribution in [0.25, 0.3) is 0 Å². The Morgan fingerprint density at radius 1 is 0.262 bits per heavy atom. The summed E-state index contributed by atoms with van der Waals surface area (Å²) in [6.45, 7) is 14.4. The summed E-state index contributed by atoms with van der Waals surface area (Å²) in [5.74, 6) is 1.09. The van der Waals surface area contributed by atoms with Gasteiger partial charge in [-0.25, -0.2) is 9.13 Å². The lowest BCUT2D eigenvalue weighted by atomic mass is 9.99. The number of ether oxygens (including phenoxy) is 4. The van der Waals surface area contributed by atoms with Gasteiger partial charge in [-0.3, -0.25) is 37.3 Å². The van der Waals surface area contributed by atoms with Crippen LogP contribution in [-0.4, -0.2) is 96.7 Å². The zero-order chi connectivity index (χ0) is 78.8. The van der Waals surface area contributed by atoms with E-state index in [2.05, 4.69) is 55.4 Å². The molecule has 636 valence electrons. The molecule has 0 bridgehead atoms. The van der Waals surface area contributed by atoms with E-state index in [-0.39, 0.29) is 25.7 Å². The standard InChI is InChI=1S/C88H172O17P2/c1-9-80(7)66-58-50-42-34-28-24-20-16-12-14-18-22-26-30-37-45-54-62-70-87(92)104-83(74-98-85(90)68-60-52-44-36-29-25-21-17-13-11-15-19-23-27-33-40-48-56-64-78(3)4)76-102-106(94,95)100-72-82(89)73-101-107(96,97)103-77-84(75-99-86(91)69-61-53-47-39-41-49-57-65-79(5)6)105-88(93)71-63-55-46-38-32-31-35-43-51-59-67-81(8)10-2/h78-84,89H,9-77H2,1-8H3,(H,94,95)(H,96,97)/t80?,81?,82?,83-,84-/m1/s1. The number of phosphoric acid groups is 2. The number of aliphatic hydroxyl groups is 1. The maximum atomic E-state index is 13.2. The summed E-state index contributed by atoms with van der Waals surface area (Å²) in [7, 11) is -9.93. The van der Waals surface area contributed by atoms with Crippen molar-refractivity contribution in [3.05, 3.63) is 0 Å². The normalized spacial score (nSPS) is 14.4. The quantitative estimate of drug-likeness (QED) is 0.0222. The maximum Gasteiger partial charge on any atom is 0.472 e. The van der Waals surface area contributed by atoms with Crippen LogP contribution in [0.3, 0.4) is 0 Å². The van der Waals surface area contributed by atoms with E-state index in [9.17, 15) is 43.2 Å². The summed E-state index contributed by atoms with van der Waals surface area (Å²) < 4.78 is 68.9. The molecule has 0 aromatic carbocycles. The molecular formula is C88H172O17P2.